The molecule has 2 rings (SSSR count). The fourth-order valence-corrected chi connectivity index (χ4v) is 3.87. The van der Waals surface area contributed by atoms with Crippen molar-refractivity contribution in [2.45, 2.75) is 71.3 Å². The Morgan fingerprint density at radius 1 is 1.08 bits per heavy atom. The van der Waals surface area contributed by atoms with E-state index in [4.69, 9.17) is 0 Å². The zero-order chi connectivity index (χ0) is 19.2. The van der Waals surface area contributed by atoms with Gasteiger partial charge in [-0.1, -0.05) is 57.0 Å². The van der Waals surface area contributed by atoms with Gasteiger partial charge in [0.15, 0.2) is 0 Å². The molecule has 1 atom stereocenters. The lowest BCUT2D eigenvalue weighted by Crippen LogP contribution is -2.54. The van der Waals surface area contributed by atoms with E-state index in [0.717, 1.165) is 18.4 Å². The zero-order valence-electron chi connectivity index (χ0n) is 16.8. The number of carbonyl (C=O) groups excluding carboxylic acids is 2. The van der Waals surface area contributed by atoms with Crippen LogP contribution < -0.4 is 5.32 Å². The summed E-state index contributed by atoms with van der Waals surface area (Å²) >= 11 is 0. The fraction of sp³-hybridized carbons (Fsp3) is 0.636. The molecule has 1 aliphatic heterocycles. The highest BCUT2D eigenvalue weighted by Crippen LogP contribution is 2.36. The molecule has 1 aromatic carbocycles. The molecule has 0 bridgehead atoms. The van der Waals surface area contributed by atoms with Crippen LogP contribution in [0.25, 0.3) is 0 Å². The van der Waals surface area contributed by atoms with Gasteiger partial charge in [0.05, 0.1) is 5.41 Å². The fourth-order valence-electron chi connectivity index (χ4n) is 3.87. The molecule has 26 heavy (non-hydrogen) atoms. The molecular weight excluding hydrogens is 324 g/mol. The summed E-state index contributed by atoms with van der Waals surface area (Å²) in [6.07, 6.45) is 4.70. The number of nitrogens with zero attached hydrogens (tertiary/aromatic N) is 1. The second kappa shape index (κ2) is 9.20. The van der Waals surface area contributed by atoms with Gasteiger partial charge in [-0.25, -0.2) is 0 Å². The van der Waals surface area contributed by atoms with Crippen molar-refractivity contribution in [1.82, 2.24) is 10.2 Å². The van der Waals surface area contributed by atoms with E-state index < -0.39 is 5.41 Å². The summed E-state index contributed by atoms with van der Waals surface area (Å²) in [5.74, 6) is 0.905. The predicted octanol–water partition coefficient (Wildman–Crippen LogP) is 3.90. The molecule has 1 aliphatic rings. The van der Waals surface area contributed by atoms with Crippen molar-refractivity contribution in [3.63, 3.8) is 0 Å². The maximum Gasteiger partial charge on any atom is 0.230 e. The summed E-state index contributed by atoms with van der Waals surface area (Å²) in [5, 5.41) is 3.26. The van der Waals surface area contributed by atoms with Gasteiger partial charge in [0, 0.05) is 26.1 Å². The van der Waals surface area contributed by atoms with Crippen LogP contribution in [-0.4, -0.2) is 35.8 Å². The van der Waals surface area contributed by atoms with E-state index >= 15 is 0 Å². The lowest BCUT2D eigenvalue weighted by Gasteiger charge is -2.41. The van der Waals surface area contributed by atoms with Crippen LogP contribution in [0.15, 0.2) is 30.3 Å². The first-order valence-corrected chi connectivity index (χ1v) is 9.97. The standard InChI is InChI=1S/C22H34N2O2/c1-17(2)9-8-10-18(3)23-21(26)22(20-11-6-5-7-12-20)13-15-24(16-14-22)19(4)25/h5-7,11-12,17-18H,8-10,13-16H2,1-4H3,(H,23,26). The molecule has 4 nitrogen and oxygen atoms in total. The van der Waals surface area contributed by atoms with Gasteiger partial charge in [0.25, 0.3) is 0 Å². The summed E-state index contributed by atoms with van der Waals surface area (Å²) in [5.41, 5.74) is 0.537. The van der Waals surface area contributed by atoms with Crippen molar-refractivity contribution < 1.29 is 9.59 Å². The van der Waals surface area contributed by atoms with Gasteiger partial charge in [0.1, 0.15) is 0 Å². The molecule has 0 aromatic heterocycles. The van der Waals surface area contributed by atoms with Crippen molar-refractivity contribution in [3.8, 4) is 0 Å². The lowest BCUT2D eigenvalue weighted by molar-refractivity contribution is -0.135. The Bertz CT molecular complexity index is 589. The first-order valence-electron chi connectivity index (χ1n) is 9.97. The number of piperidine rings is 1. The van der Waals surface area contributed by atoms with Crippen LogP contribution in [0.4, 0.5) is 0 Å². The Morgan fingerprint density at radius 2 is 1.69 bits per heavy atom. The van der Waals surface area contributed by atoms with Crippen molar-refractivity contribution in [2.24, 2.45) is 5.92 Å². The minimum Gasteiger partial charge on any atom is -0.353 e. The summed E-state index contributed by atoms with van der Waals surface area (Å²) < 4.78 is 0. The minimum absolute atomic E-state index is 0.0918. The Balaban J connectivity index is 2.09. The number of benzene rings is 1. The van der Waals surface area contributed by atoms with E-state index in [1.165, 1.54) is 6.42 Å². The van der Waals surface area contributed by atoms with Gasteiger partial charge in [0.2, 0.25) is 11.8 Å². The highest BCUT2D eigenvalue weighted by molar-refractivity contribution is 5.89. The van der Waals surface area contributed by atoms with Crippen LogP contribution >= 0.6 is 0 Å². The number of likely N-dealkylation sites (tertiary alicyclic amines) is 1. The molecule has 0 spiro atoms. The predicted molar refractivity (Wildman–Crippen MR) is 106 cm³/mol. The van der Waals surface area contributed by atoms with Crippen LogP contribution in [-0.2, 0) is 15.0 Å². The van der Waals surface area contributed by atoms with Crippen LogP contribution in [0, 0.1) is 5.92 Å². The van der Waals surface area contributed by atoms with E-state index in [0.29, 0.717) is 31.8 Å². The van der Waals surface area contributed by atoms with Crippen LogP contribution in [0.3, 0.4) is 0 Å². The maximum atomic E-state index is 13.3. The monoisotopic (exact) mass is 358 g/mol. The van der Waals surface area contributed by atoms with Gasteiger partial charge in [-0.2, -0.15) is 0 Å². The second-order valence-electron chi connectivity index (χ2n) is 8.15. The molecule has 1 aromatic rings. The highest BCUT2D eigenvalue weighted by Gasteiger charge is 2.43. The second-order valence-corrected chi connectivity index (χ2v) is 8.15. The number of carbonyl (C=O) groups is 2. The Kier molecular flexibility index (Phi) is 7.24. The molecule has 2 amide bonds. The van der Waals surface area contributed by atoms with E-state index in [9.17, 15) is 9.59 Å². The molecular formula is C22H34N2O2. The van der Waals surface area contributed by atoms with Gasteiger partial charge in [-0.15, -0.1) is 0 Å². The quantitative estimate of drug-likeness (QED) is 0.804. The third-order valence-electron chi connectivity index (χ3n) is 5.62. The Hall–Kier alpha value is -1.84. The number of rotatable bonds is 7. The molecule has 1 heterocycles. The van der Waals surface area contributed by atoms with Crippen molar-refractivity contribution in [2.75, 3.05) is 13.1 Å². The number of amides is 2. The molecule has 1 unspecified atom stereocenters. The first kappa shape index (κ1) is 20.5. The summed E-state index contributed by atoms with van der Waals surface area (Å²) in [4.78, 5) is 26.8. The maximum absolute atomic E-state index is 13.3. The zero-order valence-corrected chi connectivity index (χ0v) is 16.8. The average Bonchev–Trinajstić information content (AvgIpc) is 2.62. The molecule has 1 saturated heterocycles. The average molecular weight is 359 g/mol. The van der Waals surface area contributed by atoms with Crippen LogP contribution in [0.5, 0.6) is 0 Å². The minimum atomic E-state index is -0.528. The number of hydrogen-bond acceptors (Lipinski definition) is 2. The molecule has 0 aliphatic carbocycles. The highest BCUT2D eigenvalue weighted by atomic mass is 16.2. The van der Waals surface area contributed by atoms with Gasteiger partial charge in [-0.3, -0.25) is 9.59 Å². The van der Waals surface area contributed by atoms with Crippen molar-refractivity contribution >= 4 is 11.8 Å². The van der Waals surface area contributed by atoms with E-state index in [2.05, 4.69) is 26.1 Å². The largest absolute Gasteiger partial charge is 0.353 e. The third kappa shape index (κ3) is 5.09. The van der Waals surface area contributed by atoms with Crippen molar-refractivity contribution in [1.29, 1.82) is 0 Å². The molecule has 1 fully saturated rings. The van der Waals surface area contributed by atoms with Gasteiger partial charge < -0.3 is 10.2 Å². The summed E-state index contributed by atoms with van der Waals surface area (Å²) in [6.45, 7) is 9.44. The van der Waals surface area contributed by atoms with E-state index in [1.807, 2.05) is 35.2 Å². The molecule has 4 heteroatoms. The Labute approximate surface area is 158 Å². The van der Waals surface area contributed by atoms with Crippen LogP contribution in [0.1, 0.15) is 65.4 Å². The van der Waals surface area contributed by atoms with E-state index in [-0.39, 0.29) is 17.9 Å². The first-order chi connectivity index (χ1) is 12.3. The van der Waals surface area contributed by atoms with Gasteiger partial charge in [-0.05, 0) is 37.7 Å². The smallest absolute Gasteiger partial charge is 0.230 e. The third-order valence-corrected chi connectivity index (χ3v) is 5.62. The number of hydrogen-bond donors (Lipinski definition) is 1. The molecule has 0 radical (unpaired) electrons. The van der Waals surface area contributed by atoms with Gasteiger partial charge >= 0.3 is 0 Å². The topological polar surface area (TPSA) is 49.4 Å². The van der Waals surface area contributed by atoms with E-state index in [1.54, 1.807) is 6.92 Å². The summed E-state index contributed by atoms with van der Waals surface area (Å²) in [6, 6.07) is 10.2. The molecule has 144 valence electrons. The molecule has 0 saturated carbocycles. The number of nitrogens with one attached hydrogen (secondary N) is 1. The SMILES string of the molecule is CC(=O)N1CCC(C(=O)NC(C)CCCC(C)C)(c2ccccc2)CC1. The Morgan fingerprint density at radius 3 is 2.23 bits per heavy atom. The summed E-state index contributed by atoms with van der Waals surface area (Å²) in [7, 11) is 0. The molecule has 1 N–H and O–H groups in total. The van der Waals surface area contributed by atoms with Crippen molar-refractivity contribution in [3.05, 3.63) is 35.9 Å². The van der Waals surface area contributed by atoms with Crippen LogP contribution in [0.2, 0.25) is 0 Å². The normalized spacial score (nSPS) is 17.8. The lowest BCUT2D eigenvalue weighted by atomic mass is 9.71.